The second-order valence-electron chi connectivity index (χ2n) is 7.35. The second kappa shape index (κ2) is 6.25. The van der Waals surface area contributed by atoms with Gasteiger partial charge in [-0.25, -0.2) is 4.99 Å². The predicted octanol–water partition coefficient (Wildman–Crippen LogP) is 4.89. The molecule has 0 radical (unpaired) electrons. The molecule has 1 heterocycles. The molecule has 3 aliphatic rings. The van der Waals surface area contributed by atoms with Crippen molar-refractivity contribution >= 4 is 52.3 Å². The largest absolute Gasteiger partial charge is 0.475 e. The van der Waals surface area contributed by atoms with Gasteiger partial charge in [0.25, 0.3) is 0 Å². The number of nitrogens with zero attached hydrogens (tertiary/aromatic N) is 1. The molecule has 27 heavy (non-hydrogen) atoms. The van der Waals surface area contributed by atoms with E-state index in [9.17, 15) is 0 Å². The lowest BCUT2D eigenvalue weighted by atomic mass is 9.76. The highest BCUT2D eigenvalue weighted by Crippen LogP contribution is 2.73. The highest BCUT2D eigenvalue weighted by Gasteiger charge is 2.83. The lowest BCUT2D eigenvalue weighted by Crippen LogP contribution is -2.59. The summed E-state index contributed by atoms with van der Waals surface area (Å²) in [5.41, 5.74) is 0.224. The highest BCUT2D eigenvalue weighted by molar-refractivity contribution is 6.52. The van der Waals surface area contributed by atoms with E-state index in [4.69, 9.17) is 65.6 Å². The summed E-state index contributed by atoms with van der Waals surface area (Å²) in [7, 11) is 2.98. The topological polar surface area (TPSA) is 40.0 Å². The molecule has 0 amide bonds. The van der Waals surface area contributed by atoms with Crippen molar-refractivity contribution in [1.82, 2.24) is 0 Å². The van der Waals surface area contributed by atoms with Gasteiger partial charge in [0.15, 0.2) is 0 Å². The molecule has 0 aromatic heterocycles. The van der Waals surface area contributed by atoms with E-state index in [1.807, 2.05) is 37.3 Å². The maximum absolute atomic E-state index is 7.15. The fourth-order valence-corrected chi connectivity index (χ4v) is 6.90. The molecule has 0 saturated heterocycles. The number of aliphatic imine (C=N–C) groups is 1. The van der Waals surface area contributed by atoms with Crippen LogP contribution in [0.25, 0.3) is 0 Å². The van der Waals surface area contributed by atoms with Gasteiger partial charge in [0, 0.05) is 25.7 Å². The summed E-state index contributed by atoms with van der Waals surface area (Å²) in [5.74, 6) is -1.16. The maximum Gasteiger partial charge on any atom is 0.217 e. The molecule has 4 rings (SSSR count). The van der Waals surface area contributed by atoms with Gasteiger partial charge in [-0.15, -0.1) is 23.2 Å². The van der Waals surface area contributed by atoms with Gasteiger partial charge in [0.2, 0.25) is 11.7 Å². The third kappa shape index (κ3) is 2.23. The van der Waals surface area contributed by atoms with Crippen molar-refractivity contribution in [3.63, 3.8) is 0 Å². The summed E-state index contributed by atoms with van der Waals surface area (Å²) in [4.78, 5) is 2.39. The van der Waals surface area contributed by atoms with E-state index in [1.165, 1.54) is 14.2 Å². The number of ether oxygens (including phenoxy) is 3. The molecule has 8 heteroatoms. The smallest absolute Gasteiger partial charge is 0.217 e. The van der Waals surface area contributed by atoms with Crippen molar-refractivity contribution in [1.29, 1.82) is 0 Å². The molecule has 4 nitrogen and oxygen atoms in total. The van der Waals surface area contributed by atoms with Gasteiger partial charge in [-0.3, -0.25) is 0 Å². The molecule has 2 aliphatic carbocycles. The lowest BCUT2D eigenvalue weighted by molar-refractivity contribution is -0.220. The van der Waals surface area contributed by atoms with Gasteiger partial charge in [0.05, 0.1) is 10.1 Å². The molecule has 0 N–H and O–H groups in total. The molecule has 1 saturated carbocycles. The first-order valence-electron chi connectivity index (χ1n) is 8.52. The van der Waals surface area contributed by atoms with E-state index in [1.54, 1.807) is 0 Å². The molecule has 0 unspecified atom stereocenters. The number of benzene rings is 1. The van der Waals surface area contributed by atoms with E-state index in [2.05, 4.69) is 0 Å². The summed E-state index contributed by atoms with van der Waals surface area (Å²) in [6.07, 6.45) is 0.389. The Morgan fingerprint density at radius 1 is 1.07 bits per heavy atom. The fraction of sp³-hybridized carbons (Fsp3) is 0.526. The number of halogens is 4. The SMILES string of the molecule is COC1(OC)[C@@]2(Cl)C[C@H]([C@@]3(C)COC(c4ccccc4)=N3)[C@]1(Cl)C(Cl)=C2Cl. The van der Waals surface area contributed by atoms with Crippen molar-refractivity contribution in [3.8, 4) is 0 Å². The van der Waals surface area contributed by atoms with Gasteiger partial charge in [-0.1, -0.05) is 41.4 Å². The van der Waals surface area contributed by atoms with Crippen LogP contribution in [-0.4, -0.2) is 47.8 Å². The van der Waals surface area contributed by atoms with Crippen LogP contribution in [0, 0.1) is 5.92 Å². The minimum absolute atomic E-state index is 0.241. The lowest BCUT2D eigenvalue weighted by Gasteiger charge is -2.43. The number of rotatable bonds is 4. The zero-order chi connectivity index (χ0) is 19.7. The molecule has 4 atom stereocenters. The third-order valence-corrected chi connectivity index (χ3v) is 8.61. The summed E-state index contributed by atoms with van der Waals surface area (Å²) in [5, 5.41) is 0.501. The van der Waals surface area contributed by atoms with Crippen molar-refractivity contribution in [2.45, 2.75) is 34.4 Å². The average molecular weight is 451 g/mol. The van der Waals surface area contributed by atoms with Crippen LogP contribution >= 0.6 is 46.4 Å². The number of hydrogen-bond acceptors (Lipinski definition) is 4. The normalized spacial score (nSPS) is 39.7. The Morgan fingerprint density at radius 2 is 1.70 bits per heavy atom. The van der Waals surface area contributed by atoms with Gasteiger partial charge < -0.3 is 14.2 Å². The molecule has 146 valence electrons. The summed E-state index contributed by atoms with van der Waals surface area (Å²) >= 11 is 27.2. The summed E-state index contributed by atoms with van der Waals surface area (Å²) in [6.45, 7) is 2.32. The molecule has 1 aromatic rings. The van der Waals surface area contributed by atoms with Crippen LogP contribution in [0.3, 0.4) is 0 Å². The van der Waals surface area contributed by atoms with E-state index < -0.39 is 21.1 Å². The van der Waals surface area contributed by atoms with Crippen LogP contribution in [0.5, 0.6) is 0 Å². The molecule has 0 spiro atoms. The van der Waals surface area contributed by atoms with Crippen LogP contribution in [0.2, 0.25) is 0 Å². The fourth-order valence-electron chi connectivity index (χ4n) is 4.71. The van der Waals surface area contributed by atoms with Crippen molar-refractivity contribution in [2.24, 2.45) is 10.9 Å². The number of methoxy groups -OCH3 is 2. The van der Waals surface area contributed by atoms with Gasteiger partial charge in [-0.2, -0.15) is 0 Å². The van der Waals surface area contributed by atoms with Crippen molar-refractivity contribution < 1.29 is 14.2 Å². The van der Waals surface area contributed by atoms with Crippen LogP contribution in [0.15, 0.2) is 45.4 Å². The predicted molar refractivity (Wildman–Crippen MR) is 108 cm³/mol. The number of alkyl halides is 2. The molecule has 1 aliphatic heterocycles. The quantitative estimate of drug-likeness (QED) is 0.484. The minimum atomic E-state index is -1.41. The Labute approximate surface area is 178 Å². The number of hydrogen-bond donors (Lipinski definition) is 0. The van der Waals surface area contributed by atoms with Crippen molar-refractivity contribution in [2.75, 3.05) is 20.8 Å². The highest BCUT2D eigenvalue weighted by atomic mass is 35.5. The Bertz CT molecular complexity index is 841. The van der Waals surface area contributed by atoms with Gasteiger partial charge >= 0.3 is 0 Å². The van der Waals surface area contributed by atoms with E-state index in [0.717, 1.165) is 5.56 Å². The van der Waals surface area contributed by atoms with Crippen LogP contribution in [0.1, 0.15) is 18.9 Å². The minimum Gasteiger partial charge on any atom is -0.475 e. The van der Waals surface area contributed by atoms with E-state index in [0.29, 0.717) is 18.9 Å². The number of fused-ring (bicyclic) bond motifs is 2. The van der Waals surface area contributed by atoms with Gasteiger partial charge in [-0.05, 0) is 25.5 Å². The monoisotopic (exact) mass is 449 g/mol. The van der Waals surface area contributed by atoms with E-state index in [-0.39, 0.29) is 16.0 Å². The molecular weight excluding hydrogens is 432 g/mol. The van der Waals surface area contributed by atoms with Crippen LogP contribution in [-0.2, 0) is 14.2 Å². The van der Waals surface area contributed by atoms with Crippen molar-refractivity contribution in [3.05, 3.63) is 46.0 Å². The maximum atomic E-state index is 7.15. The van der Waals surface area contributed by atoms with Crippen LogP contribution < -0.4 is 0 Å². The Balaban J connectivity index is 1.82. The molecular formula is C19H19Cl4NO3. The molecule has 2 bridgehead atoms. The third-order valence-electron chi connectivity index (χ3n) is 6.03. The van der Waals surface area contributed by atoms with Crippen LogP contribution in [0.4, 0.5) is 0 Å². The zero-order valence-electron chi connectivity index (χ0n) is 15.1. The second-order valence-corrected chi connectivity index (χ2v) is 9.35. The first kappa shape index (κ1) is 19.8. The zero-order valence-corrected chi connectivity index (χ0v) is 18.1. The Kier molecular flexibility index (Phi) is 4.59. The summed E-state index contributed by atoms with van der Waals surface area (Å²) in [6, 6.07) is 9.71. The summed E-state index contributed by atoms with van der Waals surface area (Å²) < 4.78 is 17.4. The molecule has 1 fully saturated rings. The Morgan fingerprint density at radius 3 is 2.26 bits per heavy atom. The van der Waals surface area contributed by atoms with Gasteiger partial charge in [0.1, 0.15) is 21.9 Å². The Hall–Kier alpha value is -0.490. The average Bonchev–Trinajstić information content (AvgIpc) is 3.21. The standard InChI is InChI=1S/C19H19Cl4NO3/c1-16(10-27-15(24-16)11-7-5-4-6-8-11)12-9-17(22)13(20)14(21)18(12,23)19(17,25-2)26-3/h4-8,12H,9-10H2,1-3H3/t12-,16-,17-,18+/m1/s1. The van der Waals surface area contributed by atoms with E-state index >= 15 is 0 Å². The first-order valence-corrected chi connectivity index (χ1v) is 10.0. The molecule has 1 aromatic carbocycles. The first-order chi connectivity index (χ1) is 12.7.